The first-order valence-corrected chi connectivity index (χ1v) is 11.3. The first-order chi connectivity index (χ1) is 16.9. The van der Waals surface area contributed by atoms with Crippen LogP contribution in [0.1, 0.15) is 29.2 Å². The lowest BCUT2D eigenvalue weighted by molar-refractivity contribution is -0.117. The molecule has 0 radical (unpaired) electrons. The molecule has 182 valence electrons. The number of alkyl halides is 1. The molecule has 2 fully saturated rings. The van der Waals surface area contributed by atoms with Gasteiger partial charge < -0.3 is 25.8 Å². The smallest absolute Gasteiger partial charge is 0.252 e. The Hall–Kier alpha value is -3.99. The Morgan fingerprint density at radius 3 is 2.74 bits per heavy atom. The number of anilines is 3. The van der Waals surface area contributed by atoms with Gasteiger partial charge in [-0.15, -0.1) is 0 Å². The number of amides is 2. The summed E-state index contributed by atoms with van der Waals surface area (Å²) >= 11 is 0. The van der Waals surface area contributed by atoms with Gasteiger partial charge in [-0.05, 0) is 18.9 Å². The summed E-state index contributed by atoms with van der Waals surface area (Å²) in [6, 6.07) is 6.53. The van der Waals surface area contributed by atoms with Gasteiger partial charge in [-0.25, -0.2) is 9.37 Å². The molecule has 2 aromatic heterocycles. The summed E-state index contributed by atoms with van der Waals surface area (Å²) in [7, 11) is 1.53. The van der Waals surface area contributed by atoms with Gasteiger partial charge in [0.1, 0.15) is 23.8 Å². The first-order valence-electron chi connectivity index (χ1n) is 11.3. The average Bonchev–Trinajstić information content (AvgIpc) is 3.44. The summed E-state index contributed by atoms with van der Waals surface area (Å²) in [4.78, 5) is 28.3. The molecule has 10 nitrogen and oxygen atoms in total. The number of methoxy groups -OCH3 is 1. The third kappa shape index (κ3) is 4.67. The summed E-state index contributed by atoms with van der Waals surface area (Å²) in [6.45, 7) is 0.318. The number of rotatable bonds is 8. The van der Waals surface area contributed by atoms with Gasteiger partial charge in [-0.2, -0.15) is 5.10 Å². The molecule has 2 atom stereocenters. The topological polar surface area (TPSA) is 133 Å². The van der Waals surface area contributed by atoms with E-state index >= 15 is 0 Å². The predicted molar refractivity (Wildman–Crippen MR) is 126 cm³/mol. The maximum absolute atomic E-state index is 14.1. The Balaban J connectivity index is 1.46. The molecule has 3 heterocycles. The van der Waals surface area contributed by atoms with Crippen LogP contribution in [0.2, 0.25) is 0 Å². The molecule has 5 rings (SSSR count). The second-order valence-corrected chi connectivity index (χ2v) is 8.58. The van der Waals surface area contributed by atoms with Gasteiger partial charge >= 0.3 is 0 Å². The van der Waals surface area contributed by atoms with E-state index in [1.54, 1.807) is 29.2 Å². The molecule has 3 aromatic rings. The lowest BCUT2D eigenvalue weighted by Crippen LogP contribution is -2.18. The van der Waals surface area contributed by atoms with Crippen molar-refractivity contribution in [3.63, 3.8) is 0 Å². The summed E-state index contributed by atoms with van der Waals surface area (Å²) in [5.41, 5.74) is 8.08. The first kappa shape index (κ1) is 22.8. The van der Waals surface area contributed by atoms with Crippen LogP contribution >= 0.6 is 0 Å². The van der Waals surface area contributed by atoms with Crippen molar-refractivity contribution in [3.8, 4) is 16.9 Å². The van der Waals surface area contributed by atoms with Crippen molar-refractivity contribution in [3.05, 3.63) is 48.4 Å². The number of carbonyl (C=O) groups excluding carboxylic acids is 2. The van der Waals surface area contributed by atoms with Gasteiger partial charge in [0, 0.05) is 35.5 Å². The van der Waals surface area contributed by atoms with Crippen LogP contribution in [0.15, 0.2) is 42.9 Å². The number of aromatic nitrogens is 3. The number of nitrogens with one attached hydrogen (secondary N) is 2. The molecule has 11 heteroatoms. The van der Waals surface area contributed by atoms with Crippen molar-refractivity contribution in [2.24, 2.45) is 11.7 Å². The van der Waals surface area contributed by atoms with Crippen molar-refractivity contribution in [2.75, 3.05) is 31.0 Å². The fourth-order valence-electron chi connectivity index (χ4n) is 4.04. The number of hydrogen-bond acceptors (Lipinski definition) is 7. The highest BCUT2D eigenvalue weighted by Gasteiger charge is 2.31. The van der Waals surface area contributed by atoms with E-state index in [2.05, 4.69) is 20.7 Å². The molecule has 35 heavy (non-hydrogen) atoms. The predicted octanol–water partition coefficient (Wildman–Crippen LogP) is 3.05. The van der Waals surface area contributed by atoms with E-state index in [9.17, 15) is 14.0 Å². The van der Waals surface area contributed by atoms with Crippen molar-refractivity contribution >= 4 is 29.0 Å². The van der Waals surface area contributed by atoms with E-state index in [1.807, 2.05) is 12.1 Å². The molecule has 1 aliphatic heterocycles. The number of carbonyl (C=O) groups is 2. The van der Waals surface area contributed by atoms with Crippen molar-refractivity contribution in [2.45, 2.75) is 25.1 Å². The van der Waals surface area contributed by atoms with Gasteiger partial charge in [0.2, 0.25) is 5.91 Å². The highest BCUT2D eigenvalue weighted by molar-refractivity contribution is 6.01. The molecule has 0 unspecified atom stereocenters. The summed E-state index contributed by atoms with van der Waals surface area (Å²) in [5, 5.41) is 10.3. The molecule has 0 spiro atoms. The minimum atomic E-state index is -1.12. The Morgan fingerprint density at radius 2 is 2.06 bits per heavy atom. The van der Waals surface area contributed by atoms with Crippen LogP contribution in [-0.2, 0) is 9.53 Å². The van der Waals surface area contributed by atoms with E-state index in [0.717, 1.165) is 24.0 Å². The molecule has 1 saturated carbocycles. The Kier molecular flexibility index (Phi) is 6.08. The van der Waals surface area contributed by atoms with Crippen LogP contribution in [0, 0.1) is 5.92 Å². The van der Waals surface area contributed by atoms with E-state index < -0.39 is 18.1 Å². The maximum Gasteiger partial charge on any atom is 0.252 e. The van der Waals surface area contributed by atoms with E-state index in [0.29, 0.717) is 22.9 Å². The zero-order valence-electron chi connectivity index (χ0n) is 19.0. The van der Waals surface area contributed by atoms with Crippen LogP contribution in [-0.4, -0.2) is 53.1 Å². The van der Waals surface area contributed by atoms with Crippen molar-refractivity contribution in [1.29, 1.82) is 0 Å². The number of nitrogens with two attached hydrogens (primary N) is 1. The van der Waals surface area contributed by atoms with Gasteiger partial charge in [0.25, 0.3) is 5.91 Å². The fourth-order valence-corrected chi connectivity index (χ4v) is 4.04. The zero-order valence-corrected chi connectivity index (χ0v) is 19.0. The van der Waals surface area contributed by atoms with Crippen molar-refractivity contribution in [1.82, 2.24) is 14.8 Å². The number of hydrogen-bond donors (Lipinski definition) is 3. The highest BCUT2D eigenvalue weighted by atomic mass is 19.1. The quantitative estimate of drug-likeness (QED) is 0.451. The number of pyridine rings is 1. The number of benzene rings is 1. The lowest BCUT2D eigenvalue weighted by atomic mass is 10.1. The SMILES string of the molecule is COc1c(Nc2cc(NC(=O)C3CC3)ncc2C(N)=O)cccc1-c1cnn([C@H]2COC[C@@H]2F)c1. The molecule has 1 aliphatic carbocycles. The Morgan fingerprint density at radius 1 is 1.23 bits per heavy atom. The Labute approximate surface area is 200 Å². The second-order valence-electron chi connectivity index (χ2n) is 8.58. The van der Waals surface area contributed by atoms with Crippen LogP contribution in [0.4, 0.5) is 21.6 Å². The average molecular weight is 481 g/mol. The summed E-state index contributed by atoms with van der Waals surface area (Å²) < 4.78 is 26.6. The monoisotopic (exact) mass is 480 g/mol. The molecular formula is C24H25FN6O4. The number of nitrogens with zero attached hydrogens (tertiary/aromatic N) is 3. The van der Waals surface area contributed by atoms with Crippen LogP contribution in [0.25, 0.3) is 11.1 Å². The van der Waals surface area contributed by atoms with Gasteiger partial charge in [-0.1, -0.05) is 12.1 Å². The molecule has 1 aromatic carbocycles. The molecule has 0 bridgehead atoms. The molecule has 2 amide bonds. The molecule has 4 N–H and O–H groups in total. The molecular weight excluding hydrogens is 455 g/mol. The molecule has 1 saturated heterocycles. The normalized spacial score (nSPS) is 19.4. The summed E-state index contributed by atoms with van der Waals surface area (Å²) in [5.74, 6) is 0.0314. The second kappa shape index (κ2) is 9.34. The third-order valence-electron chi connectivity index (χ3n) is 6.09. The minimum absolute atomic E-state index is 0.00480. The number of para-hydroxylation sites is 1. The van der Waals surface area contributed by atoms with E-state index in [4.69, 9.17) is 15.2 Å². The van der Waals surface area contributed by atoms with E-state index in [-0.39, 0.29) is 30.6 Å². The van der Waals surface area contributed by atoms with Gasteiger partial charge in [-0.3, -0.25) is 14.3 Å². The standard InChI is InChI=1S/C24H25FN6O4/c1-34-22-15(14-8-28-31(10-14)20-12-35-11-17(20)25)3-2-4-18(22)29-19-7-21(27-9-16(19)23(26)32)30-24(33)13-5-6-13/h2-4,7-10,13,17,20H,5-6,11-12H2,1H3,(H2,26,32)(H2,27,29,30,33)/t17-,20-/m0/s1. The van der Waals surface area contributed by atoms with Crippen LogP contribution in [0.3, 0.4) is 0 Å². The lowest BCUT2D eigenvalue weighted by Gasteiger charge is -2.17. The minimum Gasteiger partial charge on any atom is -0.494 e. The number of ether oxygens (including phenoxy) is 2. The van der Waals surface area contributed by atoms with E-state index in [1.165, 1.54) is 13.3 Å². The van der Waals surface area contributed by atoms with Crippen molar-refractivity contribution < 1.29 is 23.5 Å². The van der Waals surface area contributed by atoms with Crippen LogP contribution in [0.5, 0.6) is 5.75 Å². The number of halogens is 1. The van der Waals surface area contributed by atoms with Gasteiger partial charge in [0.15, 0.2) is 0 Å². The third-order valence-corrected chi connectivity index (χ3v) is 6.09. The fraction of sp³-hybridized carbons (Fsp3) is 0.333. The highest BCUT2D eigenvalue weighted by Crippen LogP contribution is 2.39. The molecule has 2 aliphatic rings. The zero-order chi connectivity index (χ0) is 24.5. The van der Waals surface area contributed by atoms with Gasteiger partial charge in [0.05, 0.1) is 43.5 Å². The number of primary amides is 1. The maximum atomic E-state index is 14.1. The van der Waals surface area contributed by atoms with Crippen LogP contribution < -0.4 is 21.1 Å². The summed E-state index contributed by atoms with van der Waals surface area (Å²) in [6.07, 6.45) is 5.31. The Bertz CT molecular complexity index is 1270. The largest absolute Gasteiger partial charge is 0.494 e.